The zero-order valence-corrected chi connectivity index (χ0v) is 10.9. The monoisotopic (exact) mass is 296 g/mol. The first-order valence-corrected chi connectivity index (χ1v) is 5.81. The summed E-state index contributed by atoms with van der Waals surface area (Å²) < 4.78 is 17.7. The van der Waals surface area contributed by atoms with Gasteiger partial charge in [-0.25, -0.2) is 9.18 Å². The minimum Gasteiger partial charge on any atom is -0.464 e. The first-order valence-electron chi connectivity index (χ1n) is 5.05. The summed E-state index contributed by atoms with van der Waals surface area (Å²) in [6.45, 7) is 1.62. The van der Waals surface area contributed by atoms with Crippen LogP contribution in [0.1, 0.15) is 18.6 Å². The smallest absolute Gasteiger partial charge is 0.338 e. The molecule has 0 aliphatic heterocycles. The topological polar surface area (TPSA) is 66.8 Å². The van der Waals surface area contributed by atoms with E-state index in [1.54, 1.807) is 6.92 Å². The van der Waals surface area contributed by atoms with Crippen LogP contribution in [0.4, 0.5) is 4.39 Å². The summed E-state index contributed by atoms with van der Waals surface area (Å²) >= 11 is 11.1. The lowest BCUT2D eigenvalue weighted by atomic mass is 10.0. The molecule has 1 aromatic carbocycles. The number of ether oxygens (including phenoxy) is 1. The Hall–Kier alpha value is -0.880. The molecule has 0 spiro atoms. The van der Waals surface area contributed by atoms with E-state index in [2.05, 4.69) is 4.74 Å². The summed E-state index contributed by atoms with van der Waals surface area (Å²) in [5.41, 5.74) is 0.0203. The van der Waals surface area contributed by atoms with Gasteiger partial charge in [0.2, 0.25) is 0 Å². The van der Waals surface area contributed by atoms with E-state index in [1.807, 2.05) is 0 Å². The van der Waals surface area contributed by atoms with E-state index < -0.39 is 24.0 Å². The summed E-state index contributed by atoms with van der Waals surface area (Å²) in [6.07, 6.45) is -3.39. The Labute approximate surface area is 113 Å². The van der Waals surface area contributed by atoms with Gasteiger partial charge in [-0.1, -0.05) is 23.2 Å². The van der Waals surface area contributed by atoms with Gasteiger partial charge in [-0.15, -0.1) is 0 Å². The third-order valence-corrected chi connectivity index (χ3v) is 2.72. The van der Waals surface area contributed by atoms with Crippen LogP contribution in [0.3, 0.4) is 0 Å². The van der Waals surface area contributed by atoms with Crippen LogP contribution >= 0.6 is 23.2 Å². The van der Waals surface area contributed by atoms with Crippen molar-refractivity contribution in [3.63, 3.8) is 0 Å². The first kappa shape index (κ1) is 15.2. The second-order valence-electron chi connectivity index (χ2n) is 3.44. The molecule has 0 heterocycles. The highest BCUT2D eigenvalue weighted by atomic mass is 35.5. The van der Waals surface area contributed by atoms with Crippen molar-refractivity contribution >= 4 is 29.2 Å². The van der Waals surface area contributed by atoms with Gasteiger partial charge in [-0.05, 0) is 24.6 Å². The Balaban J connectivity index is 2.97. The molecule has 0 amide bonds. The van der Waals surface area contributed by atoms with Crippen LogP contribution in [-0.2, 0) is 9.53 Å². The zero-order valence-electron chi connectivity index (χ0n) is 9.36. The fourth-order valence-corrected chi connectivity index (χ4v) is 1.79. The molecule has 0 aliphatic carbocycles. The molecule has 2 atom stereocenters. The molecule has 1 aromatic rings. The number of benzene rings is 1. The number of halogens is 3. The van der Waals surface area contributed by atoms with Crippen LogP contribution in [0.15, 0.2) is 12.1 Å². The summed E-state index contributed by atoms with van der Waals surface area (Å²) in [7, 11) is 0. The van der Waals surface area contributed by atoms with Gasteiger partial charge in [0.25, 0.3) is 0 Å². The number of rotatable bonds is 4. The van der Waals surface area contributed by atoms with Gasteiger partial charge in [0.15, 0.2) is 11.9 Å². The molecular weight excluding hydrogens is 286 g/mol. The molecule has 2 unspecified atom stereocenters. The van der Waals surface area contributed by atoms with Crippen LogP contribution in [0.2, 0.25) is 10.0 Å². The molecule has 0 aromatic heterocycles. The van der Waals surface area contributed by atoms with Crippen LogP contribution in [0.25, 0.3) is 0 Å². The average molecular weight is 297 g/mol. The standard InChI is InChI=1S/C11H11Cl2FO4/c1-2-18-11(17)10(16)9(15)5-3-6(12)8(14)7(13)4-5/h3-4,9-10,15-16H,2H2,1H3. The molecular formula is C11H11Cl2FO4. The van der Waals surface area contributed by atoms with E-state index in [9.17, 15) is 19.4 Å². The van der Waals surface area contributed by atoms with Crippen molar-refractivity contribution in [1.29, 1.82) is 0 Å². The highest BCUT2D eigenvalue weighted by Crippen LogP contribution is 2.29. The van der Waals surface area contributed by atoms with Gasteiger partial charge in [-0.2, -0.15) is 0 Å². The van der Waals surface area contributed by atoms with Crippen molar-refractivity contribution in [2.24, 2.45) is 0 Å². The Kier molecular flexibility index (Phi) is 5.34. The molecule has 7 heteroatoms. The maximum absolute atomic E-state index is 13.2. The van der Waals surface area contributed by atoms with E-state index in [0.29, 0.717) is 0 Å². The van der Waals surface area contributed by atoms with Gasteiger partial charge in [0, 0.05) is 0 Å². The third kappa shape index (κ3) is 3.32. The largest absolute Gasteiger partial charge is 0.464 e. The lowest BCUT2D eigenvalue weighted by molar-refractivity contribution is -0.159. The molecule has 100 valence electrons. The van der Waals surface area contributed by atoms with Gasteiger partial charge >= 0.3 is 5.97 Å². The molecule has 0 fully saturated rings. The molecule has 0 bridgehead atoms. The van der Waals surface area contributed by atoms with E-state index >= 15 is 0 Å². The highest BCUT2D eigenvalue weighted by Gasteiger charge is 2.28. The quantitative estimate of drug-likeness (QED) is 0.659. The maximum atomic E-state index is 13.2. The van der Waals surface area contributed by atoms with Crippen molar-refractivity contribution in [2.75, 3.05) is 6.61 Å². The van der Waals surface area contributed by atoms with Gasteiger partial charge in [0.1, 0.15) is 6.10 Å². The average Bonchev–Trinajstić information content (AvgIpc) is 2.33. The van der Waals surface area contributed by atoms with E-state index in [1.165, 1.54) is 0 Å². The van der Waals surface area contributed by atoms with Gasteiger partial charge in [0.05, 0.1) is 16.7 Å². The highest BCUT2D eigenvalue weighted by molar-refractivity contribution is 6.35. The lowest BCUT2D eigenvalue weighted by Crippen LogP contribution is -2.29. The summed E-state index contributed by atoms with van der Waals surface area (Å²) in [6, 6.07) is 2.16. The third-order valence-electron chi connectivity index (χ3n) is 2.17. The van der Waals surface area contributed by atoms with Crippen molar-refractivity contribution in [3.05, 3.63) is 33.6 Å². The predicted molar refractivity (Wildman–Crippen MR) is 64.0 cm³/mol. The van der Waals surface area contributed by atoms with E-state index in [-0.39, 0.29) is 22.2 Å². The first-order chi connectivity index (χ1) is 8.38. The van der Waals surface area contributed by atoms with Crippen molar-refractivity contribution < 1.29 is 24.1 Å². The fraction of sp³-hybridized carbons (Fsp3) is 0.364. The number of esters is 1. The Morgan fingerprint density at radius 2 is 1.89 bits per heavy atom. The lowest BCUT2D eigenvalue weighted by Gasteiger charge is -2.17. The zero-order chi connectivity index (χ0) is 13.9. The van der Waals surface area contributed by atoms with Crippen molar-refractivity contribution in [3.8, 4) is 0 Å². The number of aliphatic hydroxyl groups is 2. The molecule has 18 heavy (non-hydrogen) atoms. The van der Waals surface area contributed by atoms with Crippen LogP contribution < -0.4 is 0 Å². The summed E-state index contributed by atoms with van der Waals surface area (Å²) in [5.74, 6) is -1.82. The molecule has 0 aliphatic rings. The van der Waals surface area contributed by atoms with Gasteiger partial charge < -0.3 is 14.9 Å². The second kappa shape index (κ2) is 6.33. The van der Waals surface area contributed by atoms with Crippen LogP contribution in [-0.4, -0.2) is 28.9 Å². The summed E-state index contributed by atoms with van der Waals surface area (Å²) in [4.78, 5) is 11.2. The molecule has 0 saturated carbocycles. The van der Waals surface area contributed by atoms with Crippen LogP contribution in [0.5, 0.6) is 0 Å². The number of aliphatic hydroxyl groups excluding tert-OH is 2. The van der Waals surface area contributed by atoms with E-state index in [0.717, 1.165) is 12.1 Å². The number of hydrogen-bond acceptors (Lipinski definition) is 4. The second-order valence-corrected chi connectivity index (χ2v) is 4.25. The molecule has 0 radical (unpaired) electrons. The predicted octanol–water partition coefficient (Wildman–Crippen LogP) is 2.09. The van der Waals surface area contributed by atoms with Crippen molar-refractivity contribution in [1.82, 2.24) is 0 Å². The Bertz CT molecular complexity index is 430. The minimum absolute atomic E-state index is 0.0203. The number of carbonyl (C=O) groups excluding carboxylic acids is 1. The van der Waals surface area contributed by atoms with Gasteiger partial charge in [-0.3, -0.25) is 0 Å². The molecule has 0 saturated heterocycles. The normalized spacial score (nSPS) is 14.1. The maximum Gasteiger partial charge on any atom is 0.338 e. The molecule has 4 nitrogen and oxygen atoms in total. The molecule has 1 rings (SSSR count). The number of carbonyl (C=O) groups is 1. The Morgan fingerprint density at radius 1 is 1.39 bits per heavy atom. The van der Waals surface area contributed by atoms with Crippen molar-refractivity contribution in [2.45, 2.75) is 19.1 Å². The van der Waals surface area contributed by atoms with E-state index in [4.69, 9.17) is 23.2 Å². The van der Waals surface area contributed by atoms with Crippen LogP contribution in [0, 0.1) is 5.82 Å². The minimum atomic E-state index is -1.79. The SMILES string of the molecule is CCOC(=O)C(O)C(O)c1cc(Cl)c(F)c(Cl)c1. The Morgan fingerprint density at radius 3 is 2.33 bits per heavy atom. The number of hydrogen-bond donors (Lipinski definition) is 2. The fourth-order valence-electron chi connectivity index (χ4n) is 1.28. The molecule has 2 N–H and O–H groups in total. The summed E-state index contributed by atoms with van der Waals surface area (Å²) in [5, 5.41) is 18.6.